The second kappa shape index (κ2) is 5.38. The first-order valence-electron chi connectivity index (χ1n) is 5.97. The Hall–Kier alpha value is -0.920. The van der Waals surface area contributed by atoms with Gasteiger partial charge in [0.1, 0.15) is 4.90 Å². The number of aromatic amines is 1. The lowest BCUT2D eigenvalue weighted by atomic mass is 9.91. The van der Waals surface area contributed by atoms with Crippen LogP contribution in [0.25, 0.3) is 0 Å². The third-order valence-corrected chi connectivity index (χ3v) is 4.72. The van der Waals surface area contributed by atoms with Gasteiger partial charge in [0.2, 0.25) is 10.0 Å². The number of aromatic nitrogens is 2. The Balaban J connectivity index is 2.97. The largest absolute Gasteiger partial charge is 0.325 e. The molecule has 0 saturated heterocycles. The van der Waals surface area contributed by atoms with Gasteiger partial charge in [0.15, 0.2) is 0 Å². The average Bonchev–Trinajstić information content (AvgIpc) is 2.69. The predicted molar refractivity (Wildman–Crippen MR) is 70.5 cm³/mol. The summed E-state index contributed by atoms with van der Waals surface area (Å²) in [5.41, 5.74) is 6.30. The zero-order valence-corrected chi connectivity index (χ0v) is 12.2. The highest BCUT2D eigenvalue weighted by Gasteiger charge is 2.26. The van der Waals surface area contributed by atoms with Crippen molar-refractivity contribution in [3.05, 3.63) is 11.4 Å². The standard InChI is InChI=1S/C11H22N4O2S/c1-5-11(3,4)7-13-18(16,17)10-8(2)14-15-9(10)6-12/h13H,5-7,12H2,1-4H3,(H,14,15). The smallest absolute Gasteiger partial charge is 0.244 e. The molecule has 6 nitrogen and oxygen atoms in total. The van der Waals surface area contributed by atoms with E-state index in [0.29, 0.717) is 17.9 Å². The van der Waals surface area contributed by atoms with Crippen molar-refractivity contribution in [2.75, 3.05) is 6.54 Å². The Morgan fingerprint density at radius 2 is 2.06 bits per heavy atom. The molecule has 0 aliphatic heterocycles. The number of rotatable bonds is 6. The molecule has 0 aliphatic carbocycles. The van der Waals surface area contributed by atoms with E-state index in [1.54, 1.807) is 6.92 Å². The van der Waals surface area contributed by atoms with Crippen LogP contribution in [0.15, 0.2) is 4.90 Å². The van der Waals surface area contributed by atoms with E-state index in [9.17, 15) is 8.42 Å². The zero-order valence-electron chi connectivity index (χ0n) is 11.4. The molecule has 0 aromatic carbocycles. The molecule has 0 saturated carbocycles. The molecule has 0 bridgehead atoms. The molecule has 7 heteroatoms. The van der Waals surface area contributed by atoms with Crippen molar-refractivity contribution >= 4 is 10.0 Å². The van der Waals surface area contributed by atoms with Crippen LogP contribution in [0.5, 0.6) is 0 Å². The molecule has 0 radical (unpaired) electrons. The molecule has 0 fully saturated rings. The summed E-state index contributed by atoms with van der Waals surface area (Å²) in [6, 6.07) is 0. The molecule has 104 valence electrons. The summed E-state index contributed by atoms with van der Waals surface area (Å²) in [7, 11) is -3.56. The summed E-state index contributed by atoms with van der Waals surface area (Å²) >= 11 is 0. The summed E-state index contributed by atoms with van der Waals surface area (Å²) in [5.74, 6) is 0. The summed E-state index contributed by atoms with van der Waals surface area (Å²) in [4.78, 5) is 0.178. The van der Waals surface area contributed by atoms with Gasteiger partial charge < -0.3 is 5.73 Å². The molecular weight excluding hydrogens is 252 g/mol. The SMILES string of the molecule is CCC(C)(C)CNS(=O)(=O)c1c(CN)n[nH]c1C. The molecule has 0 aliphatic rings. The number of nitrogens with zero attached hydrogens (tertiary/aromatic N) is 1. The third kappa shape index (κ3) is 3.30. The Morgan fingerprint density at radius 3 is 2.56 bits per heavy atom. The van der Waals surface area contributed by atoms with Crippen molar-refractivity contribution in [2.24, 2.45) is 11.1 Å². The van der Waals surface area contributed by atoms with Crippen LogP contribution in [0.2, 0.25) is 0 Å². The fraction of sp³-hybridized carbons (Fsp3) is 0.727. The number of nitrogens with two attached hydrogens (primary N) is 1. The van der Waals surface area contributed by atoms with E-state index in [4.69, 9.17) is 5.73 Å². The zero-order chi connectivity index (χ0) is 14.0. The molecule has 0 amide bonds. The van der Waals surface area contributed by atoms with Gasteiger partial charge in [-0.2, -0.15) is 5.10 Å². The highest BCUT2D eigenvalue weighted by atomic mass is 32.2. The first-order chi connectivity index (χ1) is 8.23. The van der Waals surface area contributed by atoms with Crippen LogP contribution >= 0.6 is 0 Å². The lowest BCUT2D eigenvalue weighted by Gasteiger charge is -2.22. The van der Waals surface area contributed by atoms with Crippen LogP contribution in [-0.4, -0.2) is 25.2 Å². The normalized spacial score (nSPS) is 12.9. The van der Waals surface area contributed by atoms with E-state index < -0.39 is 10.0 Å². The topological polar surface area (TPSA) is 101 Å². The van der Waals surface area contributed by atoms with Crippen LogP contribution in [0, 0.1) is 12.3 Å². The van der Waals surface area contributed by atoms with E-state index in [0.717, 1.165) is 6.42 Å². The Morgan fingerprint density at radius 1 is 1.44 bits per heavy atom. The average molecular weight is 274 g/mol. The summed E-state index contributed by atoms with van der Waals surface area (Å²) in [5, 5.41) is 6.55. The van der Waals surface area contributed by atoms with Gasteiger partial charge in [-0.25, -0.2) is 13.1 Å². The van der Waals surface area contributed by atoms with Crippen LogP contribution in [0.4, 0.5) is 0 Å². The van der Waals surface area contributed by atoms with Crippen LogP contribution < -0.4 is 10.5 Å². The van der Waals surface area contributed by atoms with Gasteiger partial charge in [0, 0.05) is 13.1 Å². The molecule has 1 rings (SSSR count). The fourth-order valence-corrected chi connectivity index (χ4v) is 3.06. The summed E-state index contributed by atoms with van der Waals surface area (Å²) in [6.45, 7) is 8.22. The molecule has 1 aromatic heterocycles. The second-order valence-electron chi connectivity index (χ2n) is 5.17. The van der Waals surface area contributed by atoms with Gasteiger partial charge in [0.05, 0.1) is 11.4 Å². The molecule has 1 aromatic rings. The van der Waals surface area contributed by atoms with Crippen LogP contribution in [0.1, 0.15) is 38.6 Å². The van der Waals surface area contributed by atoms with Gasteiger partial charge in [-0.15, -0.1) is 0 Å². The monoisotopic (exact) mass is 274 g/mol. The maximum absolute atomic E-state index is 12.2. The van der Waals surface area contributed by atoms with E-state index in [1.807, 2.05) is 20.8 Å². The van der Waals surface area contributed by atoms with E-state index >= 15 is 0 Å². The van der Waals surface area contributed by atoms with E-state index in [1.165, 1.54) is 0 Å². The highest BCUT2D eigenvalue weighted by molar-refractivity contribution is 7.89. The summed E-state index contributed by atoms with van der Waals surface area (Å²) < 4.78 is 27.1. The second-order valence-corrected chi connectivity index (χ2v) is 6.87. The van der Waals surface area contributed by atoms with Crippen molar-refractivity contribution in [3.8, 4) is 0 Å². The number of sulfonamides is 1. The van der Waals surface area contributed by atoms with Crippen molar-refractivity contribution in [1.82, 2.24) is 14.9 Å². The predicted octanol–water partition coefficient (Wildman–Crippen LogP) is 0.891. The van der Waals surface area contributed by atoms with Crippen molar-refractivity contribution < 1.29 is 8.42 Å². The first kappa shape index (κ1) is 15.1. The number of hydrogen-bond acceptors (Lipinski definition) is 4. The Bertz CT molecular complexity index is 505. The van der Waals surface area contributed by atoms with Crippen molar-refractivity contribution in [1.29, 1.82) is 0 Å². The van der Waals surface area contributed by atoms with Gasteiger partial charge >= 0.3 is 0 Å². The number of aryl methyl sites for hydroxylation is 1. The van der Waals surface area contributed by atoms with Gasteiger partial charge in [-0.1, -0.05) is 20.8 Å². The number of H-pyrrole nitrogens is 1. The van der Waals surface area contributed by atoms with Gasteiger partial charge in [0.25, 0.3) is 0 Å². The molecule has 4 N–H and O–H groups in total. The number of hydrogen-bond donors (Lipinski definition) is 3. The maximum atomic E-state index is 12.2. The Kier molecular flexibility index (Phi) is 4.52. The first-order valence-corrected chi connectivity index (χ1v) is 7.45. The molecular formula is C11H22N4O2S. The lowest BCUT2D eigenvalue weighted by molar-refractivity contribution is 0.350. The Labute approximate surface area is 108 Å². The molecule has 18 heavy (non-hydrogen) atoms. The molecule has 1 heterocycles. The highest BCUT2D eigenvalue weighted by Crippen LogP contribution is 2.21. The molecule has 0 spiro atoms. The quantitative estimate of drug-likeness (QED) is 0.717. The fourth-order valence-electron chi connectivity index (χ4n) is 1.45. The van der Waals surface area contributed by atoms with Gasteiger partial charge in [-0.05, 0) is 18.8 Å². The van der Waals surface area contributed by atoms with Crippen molar-refractivity contribution in [3.63, 3.8) is 0 Å². The van der Waals surface area contributed by atoms with Crippen LogP contribution in [0.3, 0.4) is 0 Å². The lowest BCUT2D eigenvalue weighted by Crippen LogP contribution is -2.34. The third-order valence-electron chi connectivity index (χ3n) is 3.12. The van der Waals surface area contributed by atoms with Gasteiger partial charge in [-0.3, -0.25) is 5.10 Å². The minimum atomic E-state index is -3.56. The minimum Gasteiger partial charge on any atom is -0.325 e. The van der Waals surface area contributed by atoms with Crippen LogP contribution in [-0.2, 0) is 16.6 Å². The van der Waals surface area contributed by atoms with E-state index in [2.05, 4.69) is 14.9 Å². The number of nitrogens with one attached hydrogen (secondary N) is 2. The van der Waals surface area contributed by atoms with Crippen molar-refractivity contribution in [2.45, 2.75) is 45.6 Å². The summed E-state index contributed by atoms with van der Waals surface area (Å²) in [6.07, 6.45) is 0.892. The van der Waals surface area contributed by atoms with E-state index in [-0.39, 0.29) is 16.9 Å². The molecule has 0 atom stereocenters. The molecule has 0 unspecified atom stereocenters. The minimum absolute atomic E-state index is 0.0758. The maximum Gasteiger partial charge on any atom is 0.244 e.